The average Bonchev–Trinajstić information content (AvgIpc) is 2.67. The molecule has 2 aliphatic rings. The van der Waals surface area contributed by atoms with Crippen molar-refractivity contribution in [3.05, 3.63) is 29.3 Å². The molecule has 0 amide bonds. The predicted molar refractivity (Wildman–Crippen MR) is 72.5 cm³/mol. The van der Waals surface area contributed by atoms with Gasteiger partial charge in [-0.1, -0.05) is 26.0 Å². The molecule has 1 aliphatic carbocycles. The number of anilines is 1. The van der Waals surface area contributed by atoms with Gasteiger partial charge >= 0.3 is 0 Å². The molecule has 2 N–H and O–H groups in total. The van der Waals surface area contributed by atoms with Gasteiger partial charge in [-0.15, -0.1) is 0 Å². The number of likely N-dealkylation sites (N-methyl/N-ethyl adjacent to an activating group) is 1. The summed E-state index contributed by atoms with van der Waals surface area (Å²) < 4.78 is 0. The zero-order valence-corrected chi connectivity index (χ0v) is 11.0. The van der Waals surface area contributed by atoms with Gasteiger partial charge in [-0.25, -0.2) is 0 Å². The van der Waals surface area contributed by atoms with Crippen LogP contribution in [0.3, 0.4) is 0 Å². The van der Waals surface area contributed by atoms with Crippen molar-refractivity contribution in [2.24, 2.45) is 11.1 Å². The molecular formula is C15H22N2. The summed E-state index contributed by atoms with van der Waals surface area (Å²) in [4.78, 5) is 2.46. The van der Waals surface area contributed by atoms with Gasteiger partial charge in [0.2, 0.25) is 0 Å². The summed E-state index contributed by atoms with van der Waals surface area (Å²) in [6.45, 7) is 9.06. The monoisotopic (exact) mass is 230 g/mol. The van der Waals surface area contributed by atoms with E-state index in [1.54, 1.807) is 0 Å². The second kappa shape index (κ2) is 3.49. The standard InChI is InChI=1S/C15H22N2/c1-4-17-8-7-10-9-11(5-6-12(10)17)13-14(16)15(13,2)3/h5-6,9,13-14H,4,7-8,16H2,1-3H3/t13-,14-/m0/s1. The van der Waals surface area contributed by atoms with E-state index < -0.39 is 0 Å². The number of nitrogens with zero attached hydrogens (tertiary/aromatic N) is 1. The van der Waals surface area contributed by atoms with Crippen molar-refractivity contribution >= 4 is 5.69 Å². The molecule has 0 bridgehead atoms. The molecule has 17 heavy (non-hydrogen) atoms. The first-order valence-electron chi connectivity index (χ1n) is 6.69. The highest BCUT2D eigenvalue weighted by molar-refractivity contribution is 5.60. The van der Waals surface area contributed by atoms with Crippen LogP contribution in [0.1, 0.15) is 37.8 Å². The molecule has 0 unspecified atom stereocenters. The molecule has 2 atom stereocenters. The zero-order chi connectivity index (χ0) is 12.2. The lowest BCUT2D eigenvalue weighted by Crippen LogP contribution is -2.18. The van der Waals surface area contributed by atoms with E-state index in [0.29, 0.717) is 12.0 Å². The van der Waals surface area contributed by atoms with Crippen molar-refractivity contribution in [3.63, 3.8) is 0 Å². The Hall–Kier alpha value is -1.02. The van der Waals surface area contributed by atoms with Crippen molar-refractivity contribution in [2.75, 3.05) is 18.0 Å². The summed E-state index contributed by atoms with van der Waals surface area (Å²) in [5.41, 5.74) is 10.8. The van der Waals surface area contributed by atoms with Gasteiger partial charge < -0.3 is 10.6 Å². The normalized spacial score (nSPS) is 29.3. The molecule has 2 heteroatoms. The van der Waals surface area contributed by atoms with Gasteiger partial charge in [-0.3, -0.25) is 0 Å². The van der Waals surface area contributed by atoms with E-state index in [2.05, 4.69) is 43.9 Å². The number of benzene rings is 1. The minimum Gasteiger partial charge on any atom is -0.371 e. The van der Waals surface area contributed by atoms with Crippen molar-refractivity contribution in [3.8, 4) is 0 Å². The lowest BCUT2D eigenvalue weighted by Gasteiger charge is -2.16. The molecule has 2 nitrogen and oxygen atoms in total. The van der Waals surface area contributed by atoms with Crippen LogP contribution < -0.4 is 10.6 Å². The maximum absolute atomic E-state index is 6.16. The maximum Gasteiger partial charge on any atom is 0.0399 e. The van der Waals surface area contributed by atoms with E-state index in [4.69, 9.17) is 5.73 Å². The summed E-state index contributed by atoms with van der Waals surface area (Å²) >= 11 is 0. The van der Waals surface area contributed by atoms with E-state index in [1.165, 1.54) is 29.8 Å². The molecule has 1 saturated carbocycles. The summed E-state index contributed by atoms with van der Waals surface area (Å²) in [6.07, 6.45) is 1.19. The van der Waals surface area contributed by atoms with Gasteiger partial charge in [0, 0.05) is 30.7 Å². The Kier molecular flexibility index (Phi) is 2.27. The van der Waals surface area contributed by atoms with E-state index >= 15 is 0 Å². The molecule has 1 heterocycles. The second-order valence-corrected chi connectivity index (χ2v) is 6.04. The third kappa shape index (κ3) is 1.50. The summed E-state index contributed by atoms with van der Waals surface area (Å²) in [5, 5.41) is 0. The SMILES string of the molecule is CCN1CCc2cc([C@H]3[C@H](N)C3(C)C)ccc21. The van der Waals surface area contributed by atoms with Crippen LogP contribution in [0.5, 0.6) is 0 Å². The number of nitrogens with two attached hydrogens (primary N) is 1. The van der Waals surface area contributed by atoms with Gasteiger partial charge in [0.15, 0.2) is 0 Å². The fourth-order valence-electron chi connectivity index (χ4n) is 3.33. The number of hydrogen-bond acceptors (Lipinski definition) is 2. The first-order chi connectivity index (χ1) is 8.05. The van der Waals surface area contributed by atoms with Gasteiger partial charge in [-0.05, 0) is 36.0 Å². The Morgan fingerprint density at radius 3 is 2.71 bits per heavy atom. The molecule has 0 saturated heterocycles. The van der Waals surface area contributed by atoms with Crippen LogP contribution in [0.2, 0.25) is 0 Å². The molecular weight excluding hydrogens is 208 g/mol. The lowest BCUT2D eigenvalue weighted by atomic mass is 10.00. The molecule has 1 aromatic carbocycles. The van der Waals surface area contributed by atoms with Crippen LogP contribution in [0, 0.1) is 5.41 Å². The van der Waals surface area contributed by atoms with E-state index in [1.807, 2.05) is 0 Å². The van der Waals surface area contributed by atoms with Crippen LogP contribution in [-0.4, -0.2) is 19.1 Å². The van der Waals surface area contributed by atoms with E-state index in [-0.39, 0.29) is 5.41 Å². The van der Waals surface area contributed by atoms with Crippen molar-refractivity contribution < 1.29 is 0 Å². The van der Waals surface area contributed by atoms with Crippen LogP contribution in [0.15, 0.2) is 18.2 Å². The lowest BCUT2D eigenvalue weighted by molar-refractivity contribution is 0.599. The highest BCUT2D eigenvalue weighted by Crippen LogP contribution is 2.57. The molecule has 1 aromatic rings. The van der Waals surface area contributed by atoms with E-state index in [0.717, 1.165) is 6.54 Å². The molecule has 1 aliphatic heterocycles. The highest BCUT2D eigenvalue weighted by atomic mass is 15.1. The smallest absolute Gasteiger partial charge is 0.0399 e. The second-order valence-electron chi connectivity index (χ2n) is 6.04. The third-order valence-corrected chi connectivity index (χ3v) is 4.75. The Morgan fingerprint density at radius 1 is 1.41 bits per heavy atom. The van der Waals surface area contributed by atoms with Gasteiger partial charge in [-0.2, -0.15) is 0 Å². The van der Waals surface area contributed by atoms with Crippen LogP contribution in [0.25, 0.3) is 0 Å². The average molecular weight is 230 g/mol. The topological polar surface area (TPSA) is 29.3 Å². The van der Waals surface area contributed by atoms with Gasteiger partial charge in [0.05, 0.1) is 0 Å². The summed E-state index contributed by atoms with van der Waals surface area (Å²) in [5.74, 6) is 0.559. The molecule has 1 fully saturated rings. The fourth-order valence-corrected chi connectivity index (χ4v) is 3.33. The van der Waals surface area contributed by atoms with E-state index in [9.17, 15) is 0 Å². The van der Waals surface area contributed by atoms with Crippen molar-refractivity contribution in [2.45, 2.75) is 39.2 Å². The largest absolute Gasteiger partial charge is 0.371 e. The summed E-state index contributed by atoms with van der Waals surface area (Å²) in [7, 11) is 0. The fraction of sp³-hybridized carbons (Fsp3) is 0.600. The molecule has 0 radical (unpaired) electrons. The Balaban J connectivity index is 1.91. The van der Waals surface area contributed by atoms with Crippen LogP contribution in [-0.2, 0) is 6.42 Å². The number of hydrogen-bond donors (Lipinski definition) is 1. The van der Waals surface area contributed by atoms with Crippen molar-refractivity contribution in [1.82, 2.24) is 0 Å². The highest BCUT2D eigenvalue weighted by Gasteiger charge is 2.56. The van der Waals surface area contributed by atoms with Gasteiger partial charge in [0.25, 0.3) is 0 Å². The first-order valence-corrected chi connectivity index (χ1v) is 6.69. The Bertz CT molecular complexity index is 450. The molecule has 0 spiro atoms. The quantitative estimate of drug-likeness (QED) is 0.846. The number of fused-ring (bicyclic) bond motifs is 1. The molecule has 3 rings (SSSR count). The minimum atomic E-state index is 0.289. The van der Waals surface area contributed by atoms with Gasteiger partial charge in [0.1, 0.15) is 0 Å². The summed E-state index contributed by atoms with van der Waals surface area (Å²) in [6, 6.07) is 7.31. The molecule has 92 valence electrons. The predicted octanol–water partition coefficient (Wildman–Crippen LogP) is 2.52. The third-order valence-electron chi connectivity index (χ3n) is 4.75. The minimum absolute atomic E-state index is 0.289. The van der Waals surface area contributed by atoms with Crippen molar-refractivity contribution in [1.29, 1.82) is 0 Å². The Morgan fingerprint density at radius 2 is 2.12 bits per heavy atom. The Labute approximate surface area is 104 Å². The maximum atomic E-state index is 6.16. The first kappa shape index (κ1) is 11.1. The van der Waals surface area contributed by atoms with Crippen LogP contribution >= 0.6 is 0 Å². The molecule has 0 aromatic heterocycles. The number of rotatable bonds is 2. The zero-order valence-electron chi connectivity index (χ0n) is 11.0. The van der Waals surface area contributed by atoms with Crippen LogP contribution in [0.4, 0.5) is 5.69 Å².